The van der Waals surface area contributed by atoms with E-state index in [1.54, 1.807) is 30.0 Å². The maximum Gasteiger partial charge on any atom is 0.164 e. The van der Waals surface area contributed by atoms with E-state index in [4.69, 9.17) is 0 Å². The topological polar surface area (TPSA) is 55.7 Å². The molecule has 0 amide bonds. The van der Waals surface area contributed by atoms with Gasteiger partial charge in [0.1, 0.15) is 10.9 Å². The Morgan fingerprint density at radius 2 is 2.10 bits per heavy atom. The summed E-state index contributed by atoms with van der Waals surface area (Å²) in [6, 6.07) is 0. The normalized spacial score (nSPS) is 14.4. The number of hydrogen-bond donors (Lipinski definition) is 0. The average Bonchev–Trinajstić information content (AvgIpc) is 3.14. The number of thiazole rings is 1. The lowest BCUT2D eigenvalue weighted by molar-refractivity contribution is 0.101. The Hall–Kier alpha value is -1.27. The second kappa shape index (κ2) is 5.85. The van der Waals surface area contributed by atoms with Gasteiger partial charge in [0.15, 0.2) is 5.78 Å². The molecule has 2 aromatic rings. The van der Waals surface area contributed by atoms with Crippen LogP contribution in [0.5, 0.6) is 0 Å². The van der Waals surface area contributed by atoms with Crippen LogP contribution in [0.1, 0.15) is 58.3 Å². The standard InChI is InChI=1S/C15H17N3OS2/c1-8-13(9(2)19)15(17-10(3)16-8)21-7-12-6-20-14(18-12)11-4-5-11/h6,11H,4-5,7H2,1-3H3. The van der Waals surface area contributed by atoms with E-state index in [1.807, 2.05) is 13.8 Å². The number of carbonyl (C=O) groups excluding carboxylic acids is 1. The lowest BCUT2D eigenvalue weighted by Gasteiger charge is -2.08. The van der Waals surface area contributed by atoms with Crippen LogP contribution < -0.4 is 0 Å². The molecular weight excluding hydrogens is 302 g/mol. The fraction of sp³-hybridized carbons (Fsp3) is 0.467. The van der Waals surface area contributed by atoms with Crippen LogP contribution in [0.2, 0.25) is 0 Å². The first-order valence-electron chi connectivity index (χ1n) is 6.98. The predicted octanol–water partition coefficient (Wildman–Crippen LogP) is 3.92. The van der Waals surface area contributed by atoms with Gasteiger partial charge in [-0.2, -0.15) is 0 Å². The van der Waals surface area contributed by atoms with Gasteiger partial charge in [-0.15, -0.1) is 11.3 Å². The van der Waals surface area contributed by atoms with Gasteiger partial charge >= 0.3 is 0 Å². The molecule has 3 rings (SSSR count). The van der Waals surface area contributed by atoms with Crippen molar-refractivity contribution in [1.82, 2.24) is 15.0 Å². The summed E-state index contributed by atoms with van der Waals surface area (Å²) in [5, 5.41) is 4.15. The quantitative estimate of drug-likeness (QED) is 0.475. The van der Waals surface area contributed by atoms with Crippen molar-refractivity contribution in [2.45, 2.75) is 50.3 Å². The lowest BCUT2D eigenvalue weighted by Crippen LogP contribution is -2.06. The van der Waals surface area contributed by atoms with Crippen LogP contribution in [0.4, 0.5) is 0 Å². The van der Waals surface area contributed by atoms with Crippen molar-refractivity contribution < 1.29 is 4.79 Å². The molecule has 6 heteroatoms. The Balaban J connectivity index is 1.78. The summed E-state index contributed by atoms with van der Waals surface area (Å²) in [5.41, 5.74) is 2.48. The molecule has 0 aromatic carbocycles. The van der Waals surface area contributed by atoms with Gasteiger partial charge in [-0.25, -0.2) is 15.0 Å². The zero-order chi connectivity index (χ0) is 15.0. The lowest BCUT2D eigenvalue weighted by atomic mass is 10.2. The van der Waals surface area contributed by atoms with Gasteiger partial charge < -0.3 is 0 Å². The number of aryl methyl sites for hydroxylation is 2. The summed E-state index contributed by atoms with van der Waals surface area (Å²) >= 11 is 3.32. The van der Waals surface area contributed by atoms with Crippen molar-refractivity contribution in [1.29, 1.82) is 0 Å². The molecule has 2 heterocycles. The van der Waals surface area contributed by atoms with E-state index in [0.29, 0.717) is 17.3 Å². The molecule has 0 bridgehead atoms. The van der Waals surface area contributed by atoms with Gasteiger partial charge in [0.05, 0.1) is 22.0 Å². The number of nitrogens with zero attached hydrogens (tertiary/aromatic N) is 3. The van der Waals surface area contributed by atoms with E-state index in [9.17, 15) is 4.79 Å². The highest BCUT2D eigenvalue weighted by Gasteiger charge is 2.26. The molecule has 2 aromatic heterocycles. The van der Waals surface area contributed by atoms with E-state index >= 15 is 0 Å². The summed E-state index contributed by atoms with van der Waals surface area (Å²) in [4.78, 5) is 25.2. The first-order valence-corrected chi connectivity index (χ1v) is 8.84. The van der Waals surface area contributed by atoms with Gasteiger partial charge in [0.25, 0.3) is 0 Å². The minimum Gasteiger partial charge on any atom is -0.294 e. The van der Waals surface area contributed by atoms with E-state index in [-0.39, 0.29) is 5.78 Å². The molecule has 1 fully saturated rings. The van der Waals surface area contributed by atoms with Crippen molar-refractivity contribution in [3.63, 3.8) is 0 Å². The zero-order valence-electron chi connectivity index (χ0n) is 12.3. The van der Waals surface area contributed by atoms with Crippen LogP contribution in [0.25, 0.3) is 0 Å². The maximum atomic E-state index is 11.8. The van der Waals surface area contributed by atoms with Crippen LogP contribution >= 0.6 is 23.1 Å². The zero-order valence-corrected chi connectivity index (χ0v) is 14.0. The van der Waals surface area contributed by atoms with Gasteiger partial charge in [-0.05, 0) is 33.6 Å². The Morgan fingerprint density at radius 3 is 2.76 bits per heavy atom. The summed E-state index contributed by atoms with van der Waals surface area (Å²) in [6.07, 6.45) is 2.55. The van der Waals surface area contributed by atoms with Crippen molar-refractivity contribution >= 4 is 28.9 Å². The van der Waals surface area contributed by atoms with Crippen molar-refractivity contribution in [3.8, 4) is 0 Å². The third-order valence-corrected chi connectivity index (χ3v) is 5.44. The van der Waals surface area contributed by atoms with Crippen LogP contribution in [0, 0.1) is 13.8 Å². The van der Waals surface area contributed by atoms with E-state index in [2.05, 4.69) is 20.3 Å². The molecule has 110 valence electrons. The van der Waals surface area contributed by atoms with Crippen molar-refractivity contribution in [3.05, 3.63) is 33.2 Å². The Morgan fingerprint density at radius 1 is 1.33 bits per heavy atom. The molecule has 0 saturated heterocycles. The second-order valence-electron chi connectivity index (χ2n) is 5.33. The minimum atomic E-state index is 0.0203. The highest BCUT2D eigenvalue weighted by atomic mass is 32.2. The molecule has 1 aliphatic carbocycles. The smallest absolute Gasteiger partial charge is 0.164 e. The molecular formula is C15H17N3OS2. The van der Waals surface area contributed by atoms with Crippen LogP contribution in [-0.2, 0) is 5.75 Å². The van der Waals surface area contributed by atoms with Crippen LogP contribution in [-0.4, -0.2) is 20.7 Å². The summed E-state index contributed by atoms with van der Waals surface area (Å²) in [5.74, 6) is 2.17. The number of Topliss-reactive ketones (excluding diaryl/α,β-unsaturated/α-hetero) is 1. The van der Waals surface area contributed by atoms with Crippen molar-refractivity contribution in [2.24, 2.45) is 0 Å². The van der Waals surface area contributed by atoms with Gasteiger partial charge in [0.2, 0.25) is 0 Å². The van der Waals surface area contributed by atoms with E-state index < -0.39 is 0 Å². The number of aromatic nitrogens is 3. The first kappa shape index (κ1) is 14.7. The number of carbonyl (C=O) groups is 1. The molecule has 1 aliphatic rings. The van der Waals surface area contributed by atoms with E-state index in [1.165, 1.54) is 17.8 Å². The van der Waals surface area contributed by atoms with Gasteiger partial charge in [-0.1, -0.05) is 11.8 Å². The third kappa shape index (κ3) is 3.32. The SMILES string of the molecule is CC(=O)c1c(C)nc(C)nc1SCc1csc(C2CC2)n1. The fourth-order valence-electron chi connectivity index (χ4n) is 2.24. The summed E-state index contributed by atoms with van der Waals surface area (Å²) < 4.78 is 0. The Kier molecular flexibility index (Phi) is 4.08. The molecule has 0 aliphatic heterocycles. The number of thioether (sulfide) groups is 1. The maximum absolute atomic E-state index is 11.8. The summed E-state index contributed by atoms with van der Waals surface area (Å²) in [6.45, 7) is 5.29. The molecule has 21 heavy (non-hydrogen) atoms. The van der Waals surface area contributed by atoms with Crippen LogP contribution in [0.3, 0.4) is 0 Å². The Labute approximate surface area is 132 Å². The molecule has 0 spiro atoms. The highest BCUT2D eigenvalue weighted by molar-refractivity contribution is 7.98. The molecule has 0 atom stereocenters. The van der Waals surface area contributed by atoms with Gasteiger partial charge in [0, 0.05) is 17.1 Å². The minimum absolute atomic E-state index is 0.0203. The monoisotopic (exact) mass is 319 g/mol. The first-order chi connectivity index (χ1) is 10.0. The van der Waals surface area contributed by atoms with Crippen molar-refractivity contribution in [2.75, 3.05) is 0 Å². The number of ketones is 1. The predicted molar refractivity (Wildman–Crippen MR) is 85.2 cm³/mol. The molecule has 0 radical (unpaired) electrons. The molecule has 1 saturated carbocycles. The molecule has 0 unspecified atom stereocenters. The average molecular weight is 319 g/mol. The van der Waals surface area contributed by atoms with Gasteiger partial charge in [-0.3, -0.25) is 4.79 Å². The number of hydrogen-bond acceptors (Lipinski definition) is 6. The largest absolute Gasteiger partial charge is 0.294 e. The van der Waals surface area contributed by atoms with Crippen LogP contribution in [0.15, 0.2) is 10.4 Å². The second-order valence-corrected chi connectivity index (χ2v) is 7.19. The third-order valence-electron chi connectivity index (χ3n) is 3.37. The number of rotatable bonds is 5. The molecule has 0 N–H and O–H groups in total. The highest BCUT2D eigenvalue weighted by Crippen LogP contribution is 2.41. The molecule has 4 nitrogen and oxygen atoms in total. The fourth-order valence-corrected chi connectivity index (χ4v) is 4.40. The van der Waals surface area contributed by atoms with E-state index in [0.717, 1.165) is 22.2 Å². The Bertz CT molecular complexity index is 692. The summed E-state index contributed by atoms with van der Waals surface area (Å²) in [7, 11) is 0.